The van der Waals surface area contributed by atoms with Gasteiger partial charge < -0.3 is 14.5 Å². The predicted molar refractivity (Wildman–Crippen MR) is 108 cm³/mol. The molecule has 1 heterocycles. The molecule has 0 bridgehead atoms. The molecule has 1 aromatic carbocycles. The number of hydrogen-bond acceptors (Lipinski definition) is 7. The molecule has 2 aromatic rings. The Balaban J connectivity index is 2.25. The third kappa shape index (κ3) is 6.28. The molecule has 29 heavy (non-hydrogen) atoms. The normalized spacial score (nSPS) is 14.3. The van der Waals surface area contributed by atoms with Crippen LogP contribution in [0.15, 0.2) is 33.9 Å². The average molecular weight is 424 g/mol. The average Bonchev–Trinajstić information content (AvgIpc) is 3.10. The van der Waals surface area contributed by atoms with Crippen molar-refractivity contribution in [1.29, 1.82) is 0 Å². The molecule has 1 unspecified atom stereocenters. The fraction of sp³-hybridized carbons (Fsp3) is 0.550. The summed E-state index contributed by atoms with van der Waals surface area (Å²) >= 11 is 0. The molecule has 1 N–H and O–H groups in total. The summed E-state index contributed by atoms with van der Waals surface area (Å²) in [6.07, 6.45) is 0.0686. The van der Waals surface area contributed by atoms with Gasteiger partial charge in [0.05, 0.1) is 5.75 Å². The number of rotatable bonds is 7. The maximum atomic E-state index is 12.7. The monoisotopic (exact) mass is 423 g/mol. The fourth-order valence-electron chi connectivity index (χ4n) is 2.63. The van der Waals surface area contributed by atoms with E-state index in [1.807, 2.05) is 32.9 Å². The molecule has 9 heteroatoms. The van der Waals surface area contributed by atoms with Crippen molar-refractivity contribution in [3.8, 4) is 0 Å². The van der Waals surface area contributed by atoms with Crippen LogP contribution in [0.3, 0.4) is 0 Å². The zero-order chi connectivity index (χ0) is 21.8. The Morgan fingerprint density at radius 3 is 2.48 bits per heavy atom. The number of alkyl carbamates (subject to hydrolysis) is 1. The second-order valence-electron chi connectivity index (χ2n) is 8.10. The molecular weight excluding hydrogens is 394 g/mol. The Morgan fingerprint density at radius 1 is 1.24 bits per heavy atom. The van der Waals surface area contributed by atoms with Crippen LogP contribution in [0.4, 0.5) is 4.79 Å². The van der Waals surface area contributed by atoms with E-state index in [9.17, 15) is 13.2 Å². The van der Waals surface area contributed by atoms with Gasteiger partial charge in [-0.1, -0.05) is 49.6 Å². The van der Waals surface area contributed by atoms with Crippen molar-refractivity contribution in [2.75, 3.05) is 0 Å². The Morgan fingerprint density at radius 2 is 1.90 bits per heavy atom. The molecule has 0 spiro atoms. The van der Waals surface area contributed by atoms with Crippen molar-refractivity contribution in [3.63, 3.8) is 0 Å². The third-order valence-corrected chi connectivity index (χ3v) is 5.83. The summed E-state index contributed by atoms with van der Waals surface area (Å²) in [6, 6.07) is 6.55. The van der Waals surface area contributed by atoms with Gasteiger partial charge in [0, 0.05) is 0 Å². The number of benzene rings is 1. The maximum Gasteiger partial charge on any atom is 0.408 e. The molecule has 8 nitrogen and oxygen atoms in total. The van der Waals surface area contributed by atoms with Crippen LogP contribution in [0, 0.1) is 12.8 Å². The molecule has 0 radical (unpaired) electrons. The minimum Gasteiger partial charge on any atom is -0.444 e. The summed E-state index contributed by atoms with van der Waals surface area (Å²) in [5.41, 5.74) is 0.860. The first-order valence-corrected chi connectivity index (χ1v) is 11.2. The van der Waals surface area contributed by atoms with E-state index in [4.69, 9.17) is 9.15 Å². The molecule has 1 amide bonds. The first kappa shape index (κ1) is 22.9. The summed E-state index contributed by atoms with van der Waals surface area (Å²) in [5, 5.41) is 9.88. The maximum absolute atomic E-state index is 12.7. The summed E-state index contributed by atoms with van der Waals surface area (Å²) in [4.78, 5) is 12.2. The van der Waals surface area contributed by atoms with E-state index < -0.39 is 32.8 Å². The molecule has 160 valence electrons. The molecule has 0 saturated carbocycles. The molecule has 0 aliphatic heterocycles. The molecular formula is C20H29N3O5S. The summed E-state index contributed by atoms with van der Waals surface area (Å²) in [6.45, 7) is 11.0. The highest BCUT2D eigenvalue weighted by atomic mass is 32.2. The van der Waals surface area contributed by atoms with E-state index in [2.05, 4.69) is 15.5 Å². The number of sulfone groups is 1. The lowest BCUT2D eigenvalue weighted by atomic mass is 9.99. The first-order valence-electron chi connectivity index (χ1n) is 9.53. The molecule has 1 aromatic heterocycles. The van der Waals surface area contributed by atoms with Crippen LogP contribution in [0.1, 0.15) is 64.1 Å². The summed E-state index contributed by atoms with van der Waals surface area (Å²) in [7, 11) is -3.82. The quantitative estimate of drug-likeness (QED) is 0.717. The number of aryl methyl sites for hydroxylation is 1. The van der Waals surface area contributed by atoms with Crippen LogP contribution in [0.5, 0.6) is 0 Å². The minimum absolute atomic E-state index is 0.0357. The number of amides is 1. The number of carbonyl (C=O) groups excluding carboxylic acids is 1. The van der Waals surface area contributed by atoms with Gasteiger partial charge in [0.25, 0.3) is 0 Å². The highest BCUT2D eigenvalue weighted by molar-refractivity contribution is 7.90. The van der Waals surface area contributed by atoms with Gasteiger partial charge >= 0.3 is 11.3 Å². The topological polar surface area (TPSA) is 111 Å². The smallest absolute Gasteiger partial charge is 0.408 e. The van der Waals surface area contributed by atoms with Gasteiger partial charge in [-0.3, -0.25) is 0 Å². The van der Waals surface area contributed by atoms with Gasteiger partial charge in [-0.25, -0.2) is 13.2 Å². The lowest BCUT2D eigenvalue weighted by molar-refractivity contribution is 0.0473. The Kier molecular flexibility index (Phi) is 7.05. The molecule has 0 aliphatic carbocycles. The van der Waals surface area contributed by atoms with Crippen LogP contribution >= 0.6 is 0 Å². The predicted octanol–water partition coefficient (Wildman–Crippen LogP) is 3.96. The lowest BCUT2D eigenvalue weighted by Crippen LogP contribution is -2.37. The van der Waals surface area contributed by atoms with Gasteiger partial charge in [0.2, 0.25) is 15.7 Å². The van der Waals surface area contributed by atoms with Gasteiger partial charge in [0.1, 0.15) is 11.6 Å². The molecule has 0 fully saturated rings. The number of aromatic nitrogens is 2. The van der Waals surface area contributed by atoms with Gasteiger partial charge in [-0.05, 0) is 44.7 Å². The van der Waals surface area contributed by atoms with Crippen LogP contribution in [0.2, 0.25) is 0 Å². The largest absolute Gasteiger partial charge is 0.444 e. The van der Waals surface area contributed by atoms with Crippen LogP contribution < -0.4 is 5.32 Å². The molecule has 2 rings (SSSR count). The van der Waals surface area contributed by atoms with Crippen LogP contribution in [0.25, 0.3) is 0 Å². The van der Waals surface area contributed by atoms with Crippen molar-refractivity contribution in [2.45, 2.75) is 70.6 Å². The highest BCUT2D eigenvalue weighted by Gasteiger charge is 2.31. The zero-order valence-electron chi connectivity index (χ0n) is 17.7. The SMILES string of the molecule is CCC(C)[C@H](NC(=O)OC(C)(C)C)c1nnc(S(=O)(=O)Cc2ccccc2C)o1. The number of nitrogens with zero attached hydrogens (tertiary/aromatic N) is 2. The minimum atomic E-state index is -3.82. The van der Waals surface area contributed by atoms with E-state index in [1.54, 1.807) is 32.9 Å². The van der Waals surface area contributed by atoms with Gasteiger partial charge in [0.15, 0.2) is 0 Å². The van der Waals surface area contributed by atoms with Crippen LogP contribution in [-0.2, 0) is 20.3 Å². The van der Waals surface area contributed by atoms with Crippen molar-refractivity contribution in [1.82, 2.24) is 15.5 Å². The van der Waals surface area contributed by atoms with Crippen molar-refractivity contribution >= 4 is 15.9 Å². The third-order valence-electron chi connectivity index (χ3n) is 4.45. The molecule has 0 aliphatic rings. The summed E-state index contributed by atoms with van der Waals surface area (Å²) in [5.74, 6) is -0.280. The Hall–Kier alpha value is -2.42. The Bertz CT molecular complexity index is 947. The number of ether oxygens (including phenoxy) is 1. The van der Waals surface area contributed by atoms with Gasteiger partial charge in [-0.15, -0.1) is 5.10 Å². The van der Waals surface area contributed by atoms with Crippen molar-refractivity contribution in [2.24, 2.45) is 5.92 Å². The van der Waals surface area contributed by atoms with Crippen molar-refractivity contribution < 1.29 is 22.4 Å². The van der Waals surface area contributed by atoms with Crippen LogP contribution in [-0.4, -0.2) is 30.3 Å². The summed E-state index contributed by atoms with van der Waals surface area (Å²) < 4.78 is 36.3. The van der Waals surface area contributed by atoms with E-state index in [-0.39, 0.29) is 17.6 Å². The molecule has 0 saturated heterocycles. The second-order valence-corrected chi connectivity index (χ2v) is 9.97. The van der Waals surface area contributed by atoms with Crippen molar-refractivity contribution in [3.05, 3.63) is 41.3 Å². The van der Waals surface area contributed by atoms with E-state index >= 15 is 0 Å². The lowest BCUT2D eigenvalue weighted by Gasteiger charge is -2.24. The number of nitrogens with one attached hydrogen (secondary N) is 1. The van der Waals surface area contributed by atoms with Gasteiger partial charge in [-0.2, -0.15) is 0 Å². The second kappa shape index (κ2) is 8.94. The van der Waals surface area contributed by atoms with E-state index in [1.165, 1.54) is 0 Å². The number of hydrogen-bond donors (Lipinski definition) is 1. The zero-order valence-corrected chi connectivity index (χ0v) is 18.5. The van der Waals surface area contributed by atoms with E-state index in [0.29, 0.717) is 12.0 Å². The number of carbonyl (C=O) groups is 1. The molecule has 2 atom stereocenters. The first-order chi connectivity index (χ1) is 13.4. The standard InChI is InChI=1S/C20H29N3O5S/c1-7-13(2)16(21-18(24)28-20(4,5)6)17-22-23-19(27-17)29(25,26)12-15-11-9-8-10-14(15)3/h8-11,13,16H,7,12H2,1-6H3,(H,21,24)/t13?,16-/m0/s1. The highest BCUT2D eigenvalue weighted by Crippen LogP contribution is 2.26. The Labute approximate surface area is 172 Å². The van der Waals surface area contributed by atoms with E-state index in [0.717, 1.165) is 5.56 Å². The fourth-order valence-corrected chi connectivity index (χ4v) is 3.86.